The van der Waals surface area contributed by atoms with Gasteiger partial charge in [-0.15, -0.1) is 5.10 Å². The Bertz CT molecular complexity index is 563. The quantitative estimate of drug-likeness (QED) is 0.848. The van der Waals surface area contributed by atoms with E-state index < -0.39 is 0 Å². The lowest BCUT2D eigenvalue weighted by molar-refractivity contribution is 0.407. The van der Waals surface area contributed by atoms with Crippen LogP contribution in [0.1, 0.15) is 32.4 Å². The van der Waals surface area contributed by atoms with Crippen molar-refractivity contribution in [3.63, 3.8) is 0 Å². The maximum absolute atomic E-state index is 6.25. The first-order chi connectivity index (χ1) is 9.67. The van der Waals surface area contributed by atoms with Crippen molar-refractivity contribution in [2.24, 2.45) is 11.7 Å². The zero-order valence-electron chi connectivity index (χ0n) is 12.6. The summed E-state index contributed by atoms with van der Waals surface area (Å²) in [5.74, 6) is 1.37. The van der Waals surface area contributed by atoms with Crippen molar-refractivity contribution in [2.45, 2.75) is 39.7 Å². The van der Waals surface area contributed by atoms with Crippen LogP contribution in [-0.4, -0.2) is 22.8 Å². The number of nitrogens with zero attached hydrogens (tertiary/aromatic N) is 2. The fourth-order valence-electron chi connectivity index (χ4n) is 2.64. The fraction of sp³-hybridized carbons (Fsp3) is 0.500. The Hall–Kier alpha value is -1.68. The van der Waals surface area contributed by atoms with E-state index in [1.54, 1.807) is 0 Å². The largest absolute Gasteiger partial charge is 0.366 e. The number of benzene rings is 1. The van der Waals surface area contributed by atoms with Gasteiger partial charge in [-0.3, -0.25) is 0 Å². The van der Waals surface area contributed by atoms with Gasteiger partial charge in [-0.2, -0.15) is 5.10 Å². The maximum atomic E-state index is 6.25. The van der Waals surface area contributed by atoms with E-state index in [0.29, 0.717) is 5.92 Å². The van der Waals surface area contributed by atoms with Gasteiger partial charge in [0.15, 0.2) is 5.82 Å². The molecule has 2 aromatic rings. The number of nitrogens with two attached hydrogens (primary N) is 1. The fourth-order valence-corrected chi connectivity index (χ4v) is 2.64. The first-order valence-electron chi connectivity index (χ1n) is 7.38. The Balaban J connectivity index is 2.16. The highest BCUT2D eigenvalue weighted by atomic mass is 15.2. The minimum absolute atomic E-state index is 0.145. The van der Waals surface area contributed by atoms with Crippen molar-refractivity contribution in [3.8, 4) is 0 Å². The van der Waals surface area contributed by atoms with Crippen LogP contribution in [0.4, 0.5) is 5.82 Å². The number of rotatable bonds is 6. The highest BCUT2D eigenvalue weighted by Gasteiger charge is 2.14. The molecular weight excluding hydrogens is 248 g/mol. The van der Waals surface area contributed by atoms with Crippen LogP contribution in [-0.2, 0) is 0 Å². The smallest absolute Gasteiger partial charge is 0.156 e. The van der Waals surface area contributed by atoms with Crippen LogP contribution in [0.2, 0.25) is 0 Å². The summed E-state index contributed by atoms with van der Waals surface area (Å²) in [7, 11) is 0. The van der Waals surface area contributed by atoms with Crippen molar-refractivity contribution >= 4 is 16.6 Å². The minimum Gasteiger partial charge on any atom is -0.366 e. The molecule has 0 bridgehead atoms. The molecule has 0 spiro atoms. The molecule has 2 rings (SSSR count). The first kappa shape index (κ1) is 14.7. The Kier molecular flexibility index (Phi) is 4.90. The molecule has 20 heavy (non-hydrogen) atoms. The molecule has 0 saturated carbocycles. The van der Waals surface area contributed by atoms with E-state index in [9.17, 15) is 0 Å². The molecule has 0 fully saturated rings. The Morgan fingerprint density at radius 2 is 1.75 bits per heavy atom. The number of aromatic nitrogens is 2. The number of aryl methyl sites for hydroxylation is 1. The summed E-state index contributed by atoms with van der Waals surface area (Å²) in [4.78, 5) is 0. The van der Waals surface area contributed by atoms with Gasteiger partial charge in [0, 0.05) is 23.4 Å². The van der Waals surface area contributed by atoms with E-state index in [1.807, 2.05) is 19.1 Å². The zero-order valence-corrected chi connectivity index (χ0v) is 12.6. The van der Waals surface area contributed by atoms with Gasteiger partial charge in [-0.1, -0.05) is 51.0 Å². The molecule has 0 aliphatic heterocycles. The van der Waals surface area contributed by atoms with Gasteiger partial charge in [0.1, 0.15) is 0 Å². The molecule has 0 saturated heterocycles. The second kappa shape index (κ2) is 6.66. The van der Waals surface area contributed by atoms with Crippen LogP contribution in [0.3, 0.4) is 0 Å². The molecule has 1 aromatic carbocycles. The molecule has 1 heterocycles. The van der Waals surface area contributed by atoms with Gasteiger partial charge in [0.25, 0.3) is 0 Å². The number of nitrogens with one attached hydrogen (secondary N) is 1. The molecule has 0 amide bonds. The molecule has 1 unspecified atom stereocenters. The molecule has 0 radical (unpaired) electrons. The standard InChI is InChI=1S/C16H24N4/c1-4-12(5-2)15(17)10-18-16-14-9-7-6-8-13(14)11(3)19-20-16/h6-9,12,15H,4-5,10,17H2,1-3H3,(H,18,20). The van der Waals surface area contributed by atoms with E-state index in [2.05, 4.69) is 41.5 Å². The van der Waals surface area contributed by atoms with Gasteiger partial charge in [-0.25, -0.2) is 0 Å². The van der Waals surface area contributed by atoms with Crippen molar-refractivity contribution in [2.75, 3.05) is 11.9 Å². The van der Waals surface area contributed by atoms with Crippen LogP contribution >= 0.6 is 0 Å². The van der Waals surface area contributed by atoms with Crippen LogP contribution in [0.15, 0.2) is 24.3 Å². The van der Waals surface area contributed by atoms with Gasteiger partial charge < -0.3 is 11.1 Å². The monoisotopic (exact) mass is 272 g/mol. The third-order valence-electron chi connectivity index (χ3n) is 4.03. The summed E-state index contributed by atoms with van der Waals surface area (Å²) >= 11 is 0. The van der Waals surface area contributed by atoms with Gasteiger partial charge in [-0.05, 0) is 12.8 Å². The average Bonchev–Trinajstić information content (AvgIpc) is 2.48. The van der Waals surface area contributed by atoms with Crippen LogP contribution in [0.5, 0.6) is 0 Å². The number of hydrogen-bond donors (Lipinski definition) is 2. The second-order valence-electron chi connectivity index (χ2n) is 5.30. The molecule has 108 valence electrons. The number of fused-ring (bicyclic) bond motifs is 1. The van der Waals surface area contributed by atoms with Gasteiger partial charge in [0.05, 0.1) is 5.69 Å². The highest BCUT2D eigenvalue weighted by molar-refractivity contribution is 5.92. The average molecular weight is 272 g/mol. The third kappa shape index (κ3) is 3.07. The van der Waals surface area contributed by atoms with E-state index in [4.69, 9.17) is 5.73 Å². The van der Waals surface area contributed by atoms with Gasteiger partial charge in [0.2, 0.25) is 0 Å². The van der Waals surface area contributed by atoms with Crippen LogP contribution in [0.25, 0.3) is 10.8 Å². The summed E-state index contributed by atoms with van der Waals surface area (Å²) < 4.78 is 0. The molecule has 3 N–H and O–H groups in total. The van der Waals surface area contributed by atoms with Crippen molar-refractivity contribution in [1.29, 1.82) is 0 Å². The summed E-state index contributed by atoms with van der Waals surface area (Å²) in [6.45, 7) is 7.09. The van der Waals surface area contributed by atoms with E-state index in [-0.39, 0.29) is 6.04 Å². The Morgan fingerprint density at radius 1 is 1.10 bits per heavy atom. The molecule has 0 aliphatic rings. The lowest BCUT2D eigenvalue weighted by Gasteiger charge is -2.22. The maximum Gasteiger partial charge on any atom is 0.156 e. The first-order valence-corrected chi connectivity index (χ1v) is 7.38. The molecule has 1 aromatic heterocycles. The molecule has 4 heteroatoms. The summed E-state index contributed by atoms with van der Waals surface area (Å²) in [5, 5.41) is 14.1. The number of anilines is 1. The molecule has 0 aliphatic carbocycles. The van der Waals surface area contributed by atoms with Crippen LogP contribution < -0.4 is 11.1 Å². The van der Waals surface area contributed by atoms with Crippen molar-refractivity contribution < 1.29 is 0 Å². The predicted octanol–water partition coefficient (Wildman–Crippen LogP) is 3.11. The molecule has 1 atom stereocenters. The van der Waals surface area contributed by atoms with E-state index >= 15 is 0 Å². The Labute approximate surface area is 120 Å². The molecular formula is C16H24N4. The lowest BCUT2D eigenvalue weighted by atomic mass is 9.95. The van der Waals surface area contributed by atoms with Crippen LogP contribution in [0, 0.1) is 12.8 Å². The lowest BCUT2D eigenvalue weighted by Crippen LogP contribution is -2.36. The van der Waals surface area contributed by atoms with E-state index in [0.717, 1.165) is 41.7 Å². The summed E-state index contributed by atoms with van der Waals surface area (Å²) in [6, 6.07) is 8.34. The second-order valence-corrected chi connectivity index (χ2v) is 5.30. The zero-order chi connectivity index (χ0) is 14.5. The number of hydrogen-bond acceptors (Lipinski definition) is 4. The Morgan fingerprint density at radius 3 is 2.40 bits per heavy atom. The van der Waals surface area contributed by atoms with Gasteiger partial charge >= 0.3 is 0 Å². The normalized spacial score (nSPS) is 12.8. The topological polar surface area (TPSA) is 63.8 Å². The van der Waals surface area contributed by atoms with E-state index in [1.165, 1.54) is 0 Å². The third-order valence-corrected chi connectivity index (χ3v) is 4.03. The highest BCUT2D eigenvalue weighted by Crippen LogP contribution is 2.22. The molecule has 4 nitrogen and oxygen atoms in total. The summed E-state index contributed by atoms with van der Waals surface area (Å²) in [6.07, 6.45) is 2.22. The SMILES string of the molecule is CCC(CC)C(N)CNc1nnc(C)c2ccccc12. The van der Waals surface area contributed by atoms with Crippen molar-refractivity contribution in [3.05, 3.63) is 30.0 Å². The minimum atomic E-state index is 0.145. The predicted molar refractivity (Wildman–Crippen MR) is 84.8 cm³/mol. The summed E-state index contributed by atoms with van der Waals surface area (Å²) in [5.41, 5.74) is 7.20. The van der Waals surface area contributed by atoms with Crippen molar-refractivity contribution in [1.82, 2.24) is 10.2 Å².